The molecule has 0 bridgehead atoms. The summed E-state index contributed by atoms with van der Waals surface area (Å²) in [6.45, 7) is 9.28. The van der Waals surface area contributed by atoms with Gasteiger partial charge in [0.1, 0.15) is 0 Å². The van der Waals surface area contributed by atoms with E-state index in [1.165, 1.54) is 6.42 Å². The Balaban J connectivity index is 2.06. The Bertz CT molecular complexity index is 284. The van der Waals surface area contributed by atoms with Gasteiger partial charge in [-0.05, 0) is 32.4 Å². The zero-order valence-electron chi connectivity index (χ0n) is 13.7. The molecule has 1 aliphatic rings. The second-order valence-corrected chi connectivity index (χ2v) is 6.53. The molecule has 2 N–H and O–H groups in total. The average molecular weight is 317 g/mol. The average Bonchev–Trinajstić information content (AvgIpc) is 3.01. The third kappa shape index (κ3) is 9.22. The Morgan fingerprint density at radius 3 is 3.00 bits per heavy atom. The first kappa shape index (κ1) is 18.6. The predicted octanol–water partition coefficient (Wildman–Crippen LogP) is 1.88. The first-order valence-corrected chi connectivity index (χ1v) is 9.29. The molecule has 1 aliphatic heterocycles. The molecule has 1 fully saturated rings. The molecule has 0 spiro atoms. The standard InChI is InChI=1S/C15H31N3O2S/c1-4-16-15(18-11-13(2)21-3)17-8-6-9-19-12-14-7-5-10-20-14/h13-14H,4-12H2,1-3H3,(H2,16,17,18). The van der Waals surface area contributed by atoms with E-state index in [2.05, 4.69) is 35.7 Å². The van der Waals surface area contributed by atoms with E-state index in [0.29, 0.717) is 11.4 Å². The predicted molar refractivity (Wildman–Crippen MR) is 91.4 cm³/mol. The maximum atomic E-state index is 5.65. The number of aliphatic imine (C=N–C) groups is 1. The van der Waals surface area contributed by atoms with Crippen molar-refractivity contribution in [1.29, 1.82) is 0 Å². The molecule has 0 radical (unpaired) electrons. The third-order valence-corrected chi connectivity index (χ3v) is 4.29. The van der Waals surface area contributed by atoms with Crippen LogP contribution in [0.2, 0.25) is 0 Å². The van der Waals surface area contributed by atoms with Gasteiger partial charge in [-0.15, -0.1) is 0 Å². The number of nitrogens with one attached hydrogen (secondary N) is 2. The number of hydrogen-bond acceptors (Lipinski definition) is 4. The van der Waals surface area contributed by atoms with E-state index in [0.717, 1.165) is 58.3 Å². The molecular weight excluding hydrogens is 286 g/mol. The zero-order valence-corrected chi connectivity index (χ0v) is 14.5. The smallest absolute Gasteiger partial charge is 0.191 e. The number of nitrogens with zero attached hydrogens (tertiary/aromatic N) is 1. The van der Waals surface area contributed by atoms with Crippen LogP contribution in [0.3, 0.4) is 0 Å². The number of thioether (sulfide) groups is 1. The number of guanidine groups is 1. The van der Waals surface area contributed by atoms with Crippen LogP contribution in [0, 0.1) is 0 Å². The van der Waals surface area contributed by atoms with Crippen molar-refractivity contribution in [2.45, 2.75) is 44.5 Å². The molecule has 1 saturated heterocycles. The van der Waals surface area contributed by atoms with Crippen molar-refractivity contribution < 1.29 is 9.47 Å². The SMILES string of the molecule is CCNC(=NCC(C)SC)NCCCOCC1CCCO1. The molecule has 21 heavy (non-hydrogen) atoms. The van der Waals surface area contributed by atoms with Crippen LogP contribution in [0.25, 0.3) is 0 Å². The van der Waals surface area contributed by atoms with E-state index in [-0.39, 0.29) is 0 Å². The van der Waals surface area contributed by atoms with Gasteiger partial charge < -0.3 is 20.1 Å². The third-order valence-electron chi connectivity index (χ3n) is 3.34. The Labute approximate surface area is 133 Å². The van der Waals surface area contributed by atoms with Crippen LogP contribution in [-0.2, 0) is 9.47 Å². The highest BCUT2D eigenvalue weighted by Crippen LogP contribution is 2.11. The van der Waals surface area contributed by atoms with Crippen LogP contribution in [0.4, 0.5) is 0 Å². The summed E-state index contributed by atoms with van der Waals surface area (Å²) in [7, 11) is 0. The first-order chi connectivity index (χ1) is 10.3. The largest absolute Gasteiger partial charge is 0.379 e. The first-order valence-electron chi connectivity index (χ1n) is 8.00. The van der Waals surface area contributed by atoms with Gasteiger partial charge in [0, 0.05) is 31.6 Å². The fourth-order valence-corrected chi connectivity index (χ4v) is 2.23. The van der Waals surface area contributed by atoms with E-state index in [9.17, 15) is 0 Å². The quantitative estimate of drug-likeness (QED) is 0.366. The van der Waals surface area contributed by atoms with E-state index >= 15 is 0 Å². The minimum Gasteiger partial charge on any atom is -0.379 e. The molecule has 2 unspecified atom stereocenters. The molecule has 2 atom stereocenters. The van der Waals surface area contributed by atoms with Crippen molar-refractivity contribution in [2.24, 2.45) is 4.99 Å². The fraction of sp³-hybridized carbons (Fsp3) is 0.933. The van der Waals surface area contributed by atoms with Crippen LogP contribution >= 0.6 is 11.8 Å². The molecule has 0 amide bonds. The molecule has 1 heterocycles. The molecule has 1 rings (SSSR count). The lowest BCUT2D eigenvalue weighted by molar-refractivity contribution is 0.0168. The van der Waals surface area contributed by atoms with Crippen molar-refractivity contribution in [2.75, 3.05) is 45.7 Å². The monoisotopic (exact) mass is 317 g/mol. The molecule has 0 aromatic heterocycles. The molecule has 0 aromatic carbocycles. The highest BCUT2D eigenvalue weighted by Gasteiger charge is 2.14. The second kappa shape index (κ2) is 12.1. The summed E-state index contributed by atoms with van der Waals surface area (Å²) in [5.74, 6) is 0.900. The minimum absolute atomic E-state index is 0.324. The molecule has 124 valence electrons. The maximum Gasteiger partial charge on any atom is 0.191 e. The van der Waals surface area contributed by atoms with Gasteiger partial charge in [0.05, 0.1) is 19.3 Å². The molecular formula is C15H31N3O2S. The van der Waals surface area contributed by atoms with Gasteiger partial charge in [0.25, 0.3) is 0 Å². The lowest BCUT2D eigenvalue weighted by Crippen LogP contribution is -2.38. The summed E-state index contributed by atoms with van der Waals surface area (Å²) < 4.78 is 11.2. The van der Waals surface area contributed by atoms with Gasteiger partial charge in [-0.1, -0.05) is 6.92 Å². The van der Waals surface area contributed by atoms with Gasteiger partial charge in [-0.2, -0.15) is 11.8 Å². The lowest BCUT2D eigenvalue weighted by atomic mass is 10.2. The number of rotatable bonds is 10. The Morgan fingerprint density at radius 2 is 2.33 bits per heavy atom. The van der Waals surface area contributed by atoms with Gasteiger partial charge >= 0.3 is 0 Å². The maximum absolute atomic E-state index is 5.65. The van der Waals surface area contributed by atoms with E-state index in [1.54, 1.807) is 0 Å². The van der Waals surface area contributed by atoms with Crippen LogP contribution in [0.5, 0.6) is 0 Å². The molecule has 0 saturated carbocycles. The van der Waals surface area contributed by atoms with Crippen LogP contribution in [-0.4, -0.2) is 63.0 Å². The van der Waals surface area contributed by atoms with Crippen molar-refractivity contribution in [3.63, 3.8) is 0 Å². The number of hydrogen-bond donors (Lipinski definition) is 2. The lowest BCUT2D eigenvalue weighted by Gasteiger charge is -2.13. The molecule has 5 nitrogen and oxygen atoms in total. The van der Waals surface area contributed by atoms with Gasteiger partial charge in [0.15, 0.2) is 5.96 Å². The minimum atomic E-state index is 0.324. The summed E-state index contributed by atoms with van der Waals surface area (Å²) in [4.78, 5) is 4.58. The van der Waals surface area contributed by atoms with Crippen molar-refractivity contribution in [3.8, 4) is 0 Å². The molecule has 0 aliphatic carbocycles. The molecule has 0 aromatic rings. The summed E-state index contributed by atoms with van der Waals surface area (Å²) in [5.41, 5.74) is 0. The molecule has 6 heteroatoms. The fourth-order valence-electron chi connectivity index (χ4n) is 2.01. The highest BCUT2D eigenvalue weighted by molar-refractivity contribution is 7.99. The van der Waals surface area contributed by atoms with E-state index in [4.69, 9.17) is 9.47 Å². The van der Waals surface area contributed by atoms with Gasteiger partial charge in [0.2, 0.25) is 0 Å². The Morgan fingerprint density at radius 1 is 1.48 bits per heavy atom. The van der Waals surface area contributed by atoms with Gasteiger partial charge in [-0.3, -0.25) is 4.99 Å². The van der Waals surface area contributed by atoms with E-state index < -0.39 is 0 Å². The Kier molecular flexibility index (Phi) is 10.7. The van der Waals surface area contributed by atoms with Crippen molar-refractivity contribution >= 4 is 17.7 Å². The summed E-state index contributed by atoms with van der Waals surface area (Å²) in [6.07, 6.45) is 5.74. The summed E-state index contributed by atoms with van der Waals surface area (Å²) >= 11 is 1.84. The van der Waals surface area contributed by atoms with Crippen LogP contribution < -0.4 is 10.6 Å². The Hall–Kier alpha value is -0.460. The zero-order chi connectivity index (χ0) is 15.3. The van der Waals surface area contributed by atoms with Crippen LogP contribution in [0.1, 0.15) is 33.1 Å². The summed E-state index contributed by atoms with van der Waals surface area (Å²) in [6, 6.07) is 0. The highest BCUT2D eigenvalue weighted by atomic mass is 32.2. The normalized spacial score (nSPS) is 20.5. The number of ether oxygens (including phenoxy) is 2. The van der Waals surface area contributed by atoms with Crippen molar-refractivity contribution in [3.05, 3.63) is 0 Å². The van der Waals surface area contributed by atoms with E-state index in [1.807, 2.05) is 11.8 Å². The van der Waals surface area contributed by atoms with Crippen LogP contribution in [0.15, 0.2) is 4.99 Å². The topological polar surface area (TPSA) is 54.9 Å². The van der Waals surface area contributed by atoms with Gasteiger partial charge in [-0.25, -0.2) is 0 Å². The summed E-state index contributed by atoms with van der Waals surface area (Å²) in [5, 5.41) is 7.16. The van der Waals surface area contributed by atoms with Crippen molar-refractivity contribution in [1.82, 2.24) is 10.6 Å². The second-order valence-electron chi connectivity index (χ2n) is 5.26.